The van der Waals surface area contributed by atoms with Gasteiger partial charge >= 0.3 is 0 Å². The highest BCUT2D eigenvalue weighted by molar-refractivity contribution is 6.51. The average Bonchev–Trinajstić information content (AvgIpc) is 2.69. The van der Waals surface area contributed by atoms with Crippen LogP contribution in [-0.2, 0) is 0 Å². The molecule has 0 N–H and O–H groups in total. The summed E-state index contributed by atoms with van der Waals surface area (Å²) in [7, 11) is 0. The molecule has 2 aromatic rings. The molecule has 20 heavy (non-hydrogen) atoms. The Morgan fingerprint density at radius 2 is 1.50 bits per heavy atom. The minimum absolute atomic E-state index is 0.00551. The SMILES string of the molecule is O=C1c2cc(Cl)c(Cl)c(Cl)c2C(=O)N1c1ccccc1. The number of imide groups is 1. The third-order valence-electron chi connectivity index (χ3n) is 3.03. The Hall–Kier alpha value is -1.55. The van der Waals surface area contributed by atoms with Crippen LogP contribution in [0, 0.1) is 0 Å². The number of hydrogen-bond donors (Lipinski definition) is 0. The zero-order valence-corrected chi connectivity index (χ0v) is 12.1. The van der Waals surface area contributed by atoms with Crippen molar-refractivity contribution >= 4 is 52.3 Å². The maximum absolute atomic E-state index is 12.4. The van der Waals surface area contributed by atoms with Crippen LogP contribution in [0.4, 0.5) is 5.69 Å². The van der Waals surface area contributed by atoms with Gasteiger partial charge in [0.25, 0.3) is 11.8 Å². The Labute approximate surface area is 129 Å². The summed E-state index contributed by atoms with van der Waals surface area (Å²) >= 11 is 17.9. The fraction of sp³-hybridized carbons (Fsp3) is 0. The Kier molecular flexibility index (Phi) is 3.21. The first-order valence-electron chi connectivity index (χ1n) is 5.63. The fourth-order valence-electron chi connectivity index (χ4n) is 2.11. The van der Waals surface area contributed by atoms with Gasteiger partial charge in [-0.15, -0.1) is 0 Å². The number of halogens is 3. The predicted octanol–water partition coefficient (Wildman–Crippen LogP) is 4.45. The lowest BCUT2D eigenvalue weighted by Gasteiger charge is -2.13. The minimum atomic E-state index is -0.500. The molecular formula is C14H6Cl3NO2. The smallest absolute Gasteiger partial charge is 0.267 e. The molecule has 0 atom stereocenters. The molecule has 1 aliphatic heterocycles. The highest BCUT2D eigenvalue weighted by Crippen LogP contribution is 2.40. The van der Waals surface area contributed by atoms with E-state index in [-0.39, 0.29) is 26.2 Å². The van der Waals surface area contributed by atoms with Crippen molar-refractivity contribution in [3.05, 3.63) is 62.6 Å². The molecule has 2 aromatic carbocycles. The van der Waals surface area contributed by atoms with Crippen LogP contribution in [0.1, 0.15) is 20.7 Å². The van der Waals surface area contributed by atoms with Gasteiger partial charge < -0.3 is 0 Å². The van der Waals surface area contributed by atoms with Gasteiger partial charge in [0.15, 0.2) is 0 Å². The van der Waals surface area contributed by atoms with E-state index in [4.69, 9.17) is 34.8 Å². The molecule has 3 nitrogen and oxygen atoms in total. The standard InChI is InChI=1S/C14H6Cl3NO2/c15-9-6-8-10(12(17)11(9)16)14(20)18(13(8)19)7-4-2-1-3-5-7/h1-6H. The van der Waals surface area contributed by atoms with E-state index >= 15 is 0 Å². The molecule has 1 heterocycles. The number of fused-ring (bicyclic) bond motifs is 1. The van der Waals surface area contributed by atoms with Crippen molar-refractivity contribution in [2.45, 2.75) is 0 Å². The van der Waals surface area contributed by atoms with E-state index in [1.807, 2.05) is 0 Å². The van der Waals surface area contributed by atoms with E-state index in [1.54, 1.807) is 30.3 Å². The van der Waals surface area contributed by atoms with Crippen LogP contribution in [0.3, 0.4) is 0 Å². The van der Waals surface area contributed by atoms with Crippen LogP contribution in [0.5, 0.6) is 0 Å². The summed E-state index contributed by atoms with van der Waals surface area (Å²) in [5, 5.41) is 0.223. The van der Waals surface area contributed by atoms with E-state index < -0.39 is 11.8 Å². The van der Waals surface area contributed by atoms with Gasteiger partial charge in [-0.2, -0.15) is 0 Å². The third kappa shape index (κ3) is 1.82. The molecule has 0 radical (unpaired) electrons. The van der Waals surface area contributed by atoms with Gasteiger partial charge in [0.2, 0.25) is 0 Å². The Bertz CT molecular complexity index is 744. The number of carbonyl (C=O) groups excluding carboxylic acids is 2. The molecule has 0 unspecified atom stereocenters. The molecule has 1 aliphatic rings. The summed E-state index contributed by atoms with van der Waals surface area (Å²) in [5.41, 5.74) is 0.732. The van der Waals surface area contributed by atoms with Crippen molar-refractivity contribution in [1.82, 2.24) is 0 Å². The minimum Gasteiger partial charge on any atom is -0.268 e. The van der Waals surface area contributed by atoms with Crippen LogP contribution in [0.15, 0.2) is 36.4 Å². The highest BCUT2D eigenvalue weighted by Gasteiger charge is 2.39. The molecule has 0 aromatic heterocycles. The second-order valence-corrected chi connectivity index (χ2v) is 5.35. The first-order chi connectivity index (χ1) is 9.52. The van der Waals surface area contributed by atoms with Gasteiger partial charge in [0.05, 0.1) is 31.9 Å². The van der Waals surface area contributed by atoms with Gasteiger partial charge in [-0.3, -0.25) is 9.59 Å². The highest BCUT2D eigenvalue weighted by atomic mass is 35.5. The first-order valence-corrected chi connectivity index (χ1v) is 6.77. The van der Waals surface area contributed by atoms with Gasteiger partial charge in [0.1, 0.15) is 0 Å². The van der Waals surface area contributed by atoms with Crippen molar-refractivity contribution in [2.75, 3.05) is 4.90 Å². The van der Waals surface area contributed by atoms with E-state index in [1.165, 1.54) is 6.07 Å². The van der Waals surface area contributed by atoms with Crippen molar-refractivity contribution in [3.63, 3.8) is 0 Å². The number of rotatable bonds is 1. The molecule has 6 heteroatoms. The van der Waals surface area contributed by atoms with Gasteiger partial charge in [0, 0.05) is 0 Å². The van der Waals surface area contributed by atoms with Crippen LogP contribution in [0.2, 0.25) is 15.1 Å². The number of para-hydroxylation sites is 1. The Morgan fingerprint density at radius 1 is 0.850 bits per heavy atom. The van der Waals surface area contributed by atoms with Crippen LogP contribution < -0.4 is 4.90 Å². The summed E-state index contributed by atoms with van der Waals surface area (Å²) < 4.78 is 0. The summed E-state index contributed by atoms with van der Waals surface area (Å²) in [4.78, 5) is 25.8. The molecule has 0 aliphatic carbocycles. The lowest BCUT2D eigenvalue weighted by Crippen LogP contribution is -2.29. The third-order valence-corrected chi connectivity index (χ3v) is 4.29. The number of anilines is 1. The van der Waals surface area contributed by atoms with Gasteiger partial charge in [-0.05, 0) is 18.2 Å². The van der Waals surface area contributed by atoms with Crippen LogP contribution >= 0.6 is 34.8 Å². The van der Waals surface area contributed by atoms with Gasteiger partial charge in [-0.1, -0.05) is 53.0 Å². The van der Waals surface area contributed by atoms with E-state index in [2.05, 4.69) is 0 Å². The van der Waals surface area contributed by atoms with Crippen LogP contribution in [-0.4, -0.2) is 11.8 Å². The number of carbonyl (C=O) groups is 2. The van der Waals surface area contributed by atoms with Crippen LogP contribution in [0.25, 0.3) is 0 Å². The molecule has 0 fully saturated rings. The maximum atomic E-state index is 12.4. The number of benzene rings is 2. The monoisotopic (exact) mass is 325 g/mol. The largest absolute Gasteiger partial charge is 0.268 e. The molecule has 0 spiro atoms. The second-order valence-electron chi connectivity index (χ2n) is 4.19. The quantitative estimate of drug-likeness (QED) is 0.573. The van der Waals surface area contributed by atoms with Crippen molar-refractivity contribution in [1.29, 1.82) is 0 Å². The number of hydrogen-bond acceptors (Lipinski definition) is 2. The number of amides is 2. The molecule has 3 rings (SSSR count). The molecule has 2 amide bonds. The normalized spacial score (nSPS) is 13.8. The lowest BCUT2D eigenvalue weighted by molar-refractivity contribution is 0.0926. The van der Waals surface area contributed by atoms with E-state index in [9.17, 15) is 9.59 Å². The molecule has 100 valence electrons. The van der Waals surface area contributed by atoms with Gasteiger partial charge in [-0.25, -0.2) is 4.90 Å². The Morgan fingerprint density at radius 3 is 2.15 bits per heavy atom. The summed E-state index contributed by atoms with van der Waals surface area (Å²) in [6.45, 7) is 0. The van der Waals surface area contributed by atoms with E-state index in [0.29, 0.717) is 5.69 Å². The zero-order valence-electron chi connectivity index (χ0n) is 9.86. The van der Waals surface area contributed by atoms with E-state index in [0.717, 1.165) is 4.90 Å². The average molecular weight is 327 g/mol. The topological polar surface area (TPSA) is 37.4 Å². The first kappa shape index (κ1) is 13.4. The second kappa shape index (κ2) is 4.77. The molecular weight excluding hydrogens is 321 g/mol. The van der Waals surface area contributed by atoms with Crippen molar-refractivity contribution < 1.29 is 9.59 Å². The fourth-order valence-corrected chi connectivity index (χ4v) is 2.79. The predicted molar refractivity (Wildman–Crippen MR) is 79.1 cm³/mol. The zero-order chi connectivity index (χ0) is 14.4. The summed E-state index contributed by atoms with van der Waals surface area (Å²) in [6, 6.07) is 9.97. The molecule has 0 bridgehead atoms. The Balaban J connectivity index is 2.21. The molecule has 0 saturated heterocycles. The maximum Gasteiger partial charge on any atom is 0.267 e. The lowest BCUT2D eigenvalue weighted by atomic mass is 10.1. The number of nitrogens with zero attached hydrogens (tertiary/aromatic N) is 1. The van der Waals surface area contributed by atoms with Crippen molar-refractivity contribution in [2.24, 2.45) is 0 Å². The summed E-state index contributed by atoms with van der Waals surface area (Å²) in [6.07, 6.45) is 0. The van der Waals surface area contributed by atoms with Crippen molar-refractivity contribution in [3.8, 4) is 0 Å². The molecule has 0 saturated carbocycles. The summed E-state index contributed by atoms with van der Waals surface area (Å²) in [5.74, 6) is -0.962.